The Morgan fingerprint density at radius 2 is 1.83 bits per heavy atom. The number of para-hydroxylation sites is 1. The van der Waals surface area contributed by atoms with Crippen LogP contribution >= 0.6 is 23.4 Å². The number of amidine groups is 1. The number of aromatic nitrogens is 1. The first-order chi connectivity index (χ1) is 14.7. The van der Waals surface area contributed by atoms with Gasteiger partial charge in [0.15, 0.2) is 5.17 Å². The van der Waals surface area contributed by atoms with Gasteiger partial charge in [0.25, 0.3) is 5.91 Å². The molecule has 2 heterocycles. The van der Waals surface area contributed by atoms with Crippen molar-refractivity contribution >= 4 is 46.2 Å². The summed E-state index contributed by atoms with van der Waals surface area (Å²) >= 11 is 7.39. The minimum atomic E-state index is -0.0735. The molecule has 152 valence electrons. The molecule has 2 aromatic carbocycles. The van der Waals surface area contributed by atoms with Crippen molar-refractivity contribution in [3.63, 3.8) is 0 Å². The predicted octanol–water partition coefficient (Wildman–Crippen LogP) is 5.38. The third kappa shape index (κ3) is 4.51. The second-order valence-corrected chi connectivity index (χ2v) is 8.02. The summed E-state index contributed by atoms with van der Waals surface area (Å²) in [5.74, 6) is -0.0735. The molecule has 4 rings (SSSR count). The Bertz CT molecular complexity index is 1090. The lowest BCUT2D eigenvalue weighted by Gasteiger charge is -2.14. The first-order valence-electron chi connectivity index (χ1n) is 9.43. The van der Waals surface area contributed by atoms with E-state index in [2.05, 4.69) is 4.99 Å². The monoisotopic (exact) mass is 437 g/mol. The predicted molar refractivity (Wildman–Crippen MR) is 123 cm³/mol. The van der Waals surface area contributed by atoms with Crippen LogP contribution in [-0.2, 0) is 9.53 Å². The highest BCUT2D eigenvalue weighted by atomic mass is 35.5. The van der Waals surface area contributed by atoms with Gasteiger partial charge in [-0.3, -0.25) is 9.69 Å². The number of hydrogen-bond donors (Lipinski definition) is 0. The Labute approximate surface area is 184 Å². The quantitative estimate of drug-likeness (QED) is 0.486. The number of benzene rings is 2. The van der Waals surface area contributed by atoms with Gasteiger partial charge in [-0.15, -0.1) is 0 Å². The molecular formula is C23H20ClN3O2S. The second kappa shape index (κ2) is 9.34. The maximum atomic E-state index is 13.1. The van der Waals surface area contributed by atoms with Crippen LogP contribution in [0.15, 0.2) is 82.8 Å². The number of hydrogen-bond acceptors (Lipinski definition) is 4. The third-order valence-electron chi connectivity index (χ3n) is 4.55. The number of carbonyl (C=O) groups is 1. The summed E-state index contributed by atoms with van der Waals surface area (Å²) in [6.07, 6.45) is 3.86. The summed E-state index contributed by atoms with van der Waals surface area (Å²) in [7, 11) is 1.62. The summed E-state index contributed by atoms with van der Waals surface area (Å²) in [6.45, 7) is 0.887. The molecule has 7 heteroatoms. The molecule has 0 N–H and O–H groups in total. The lowest BCUT2D eigenvalue weighted by molar-refractivity contribution is -0.122. The first kappa shape index (κ1) is 20.5. The molecule has 1 aromatic heterocycles. The minimum Gasteiger partial charge on any atom is -0.383 e. The molecule has 30 heavy (non-hydrogen) atoms. The number of ether oxygens (including phenoxy) is 1. The van der Waals surface area contributed by atoms with Crippen molar-refractivity contribution in [3.8, 4) is 5.69 Å². The number of aliphatic imine (C=N–C) groups is 1. The molecule has 1 amide bonds. The molecule has 1 aliphatic rings. The van der Waals surface area contributed by atoms with E-state index >= 15 is 0 Å². The first-order valence-corrected chi connectivity index (χ1v) is 10.6. The Morgan fingerprint density at radius 1 is 1.07 bits per heavy atom. The van der Waals surface area contributed by atoms with Gasteiger partial charge < -0.3 is 9.30 Å². The zero-order chi connectivity index (χ0) is 20.9. The molecule has 1 saturated heterocycles. The van der Waals surface area contributed by atoms with Gasteiger partial charge in [0, 0.05) is 29.7 Å². The van der Waals surface area contributed by atoms with Crippen LogP contribution in [0.4, 0.5) is 5.69 Å². The van der Waals surface area contributed by atoms with E-state index in [1.54, 1.807) is 12.0 Å². The van der Waals surface area contributed by atoms with E-state index in [9.17, 15) is 4.79 Å². The van der Waals surface area contributed by atoms with Gasteiger partial charge in [-0.2, -0.15) is 0 Å². The maximum absolute atomic E-state index is 13.1. The number of nitrogens with zero attached hydrogens (tertiary/aromatic N) is 3. The number of amides is 1. The standard InChI is InChI=1S/C23H20ClN3O2S/c1-29-15-14-27-22(28)21(30-23(27)25-18-6-3-2-4-7-18)16-20-8-5-13-26(20)19-11-9-17(24)10-12-19/h2-13,16H,14-15H2,1H3/b21-16+,25-23?. The molecular weight excluding hydrogens is 418 g/mol. The highest BCUT2D eigenvalue weighted by molar-refractivity contribution is 8.18. The van der Waals surface area contributed by atoms with E-state index in [0.717, 1.165) is 17.1 Å². The second-order valence-electron chi connectivity index (χ2n) is 6.57. The molecule has 0 unspecified atom stereocenters. The summed E-state index contributed by atoms with van der Waals surface area (Å²) in [4.78, 5) is 20.1. The van der Waals surface area contributed by atoms with Crippen molar-refractivity contribution < 1.29 is 9.53 Å². The number of carbonyl (C=O) groups excluding carboxylic acids is 1. The largest absolute Gasteiger partial charge is 0.383 e. The lowest BCUT2D eigenvalue weighted by Crippen LogP contribution is -2.32. The van der Waals surface area contributed by atoms with E-state index < -0.39 is 0 Å². The Balaban J connectivity index is 1.67. The van der Waals surface area contributed by atoms with Gasteiger partial charge in [-0.1, -0.05) is 29.8 Å². The highest BCUT2D eigenvalue weighted by Crippen LogP contribution is 2.34. The lowest BCUT2D eigenvalue weighted by atomic mass is 10.3. The molecule has 0 bridgehead atoms. The number of halogens is 1. The topological polar surface area (TPSA) is 46.8 Å². The fourth-order valence-corrected chi connectivity index (χ4v) is 4.20. The molecule has 0 aliphatic carbocycles. The zero-order valence-corrected chi connectivity index (χ0v) is 17.9. The van der Waals surface area contributed by atoms with E-state index in [4.69, 9.17) is 16.3 Å². The third-order valence-corrected chi connectivity index (χ3v) is 5.81. The Hall–Kier alpha value is -2.80. The fourth-order valence-electron chi connectivity index (χ4n) is 3.07. The molecule has 1 aliphatic heterocycles. The van der Waals surface area contributed by atoms with Gasteiger partial charge >= 0.3 is 0 Å². The van der Waals surface area contributed by atoms with Crippen molar-refractivity contribution in [1.82, 2.24) is 9.47 Å². The summed E-state index contributed by atoms with van der Waals surface area (Å²) < 4.78 is 7.20. The van der Waals surface area contributed by atoms with Crippen LogP contribution in [-0.4, -0.2) is 40.8 Å². The molecule has 1 fully saturated rings. The SMILES string of the molecule is COCCN1C(=O)/C(=C\c2cccn2-c2ccc(Cl)cc2)SC1=Nc1ccccc1. The minimum absolute atomic E-state index is 0.0735. The van der Waals surface area contributed by atoms with Gasteiger partial charge in [0.05, 0.1) is 23.7 Å². The smallest absolute Gasteiger partial charge is 0.266 e. The van der Waals surface area contributed by atoms with Gasteiger partial charge in [-0.25, -0.2) is 4.99 Å². The maximum Gasteiger partial charge on any atom is 0.266 e. The fraction of sp³-hybridized carbons (Fsp3) is 0.130. The van der Waals surface area contributed by atoms with Crippen LogP contribution in [0.1, 0.15) is 5.69 Å². The molecule has 0 radical (unpaired) electrons. The van der Waals surface area contributed by atoms with Crippen LogP contribution in [0.3, 0.4) is 0 Å². The van der Waals surface area contributed by atoms with E-state index in [-0.39, 0.29) is 5.91 Å². The van der Waals surface area contributed by atoms with Gasteiger partial charge in [0.2, 0.25) is 0 Å². The molecule has 0 spiro atoms. The van der Waals surface area contributed by atoms with Crippen molar-refractivity contribution in [2.24, 2.45) is 4.99 Å². The van der Waals surface area contributed by atoms with Crippen molar-refractivity contribution in [3.05, 3.63) is 88.5 Å². The number of rotatable bonds is 6. The summed E-state index contributed by atoms with van der Waals surface area (Å²) in [5, 5.41) is 1.34. The van der Waals surface area contributed by atoms with Crippen molar-refractivity contribution in [2.75, 3.05) is 20.3 Å². The van der Waals surface area contributed by atoms with Crippen LogP contribution in [0.2, 0.25) is 5.02 Å². The van der Waals surface area contributed by atoms with Crippen LogP contribution in [0, 0.1) is 0 Å². The van der Waals surface area contributed by atoms with Crippen LogP contribution < -0.4 is 0 Å². The Kier molecular flexibility index (Phi) is 6.38. The van der Waals surface area contributed by atoms with Crippen molar-refractivity contribution in [1.29, 1.82) is 0 Å². The number of methoxy groups -OCH3 is 1. The molecule has 3 aromatic rings. The van der Waals surface area contributed by atoms with E-state index in [1.807, 2.05) is 83.6 Å². The molecule has 0 atom stereocenters. The molecule has 5 nitrogen and oxygen atoms in total. The summed E-state index contributed by atoms with van der Waals surface area (Å²) in [6, 6.07) is 21.1. The number of thioether (sulfide) groups is 1. The van der Waals surface area contributed by atoms with E-state index in [1.165, 1.54) is 11.8 Å². The molecule has 0 saturated carbocycles. The average Bonchev–Trinajstić information content (AvgIpc) is 3.33. The van der Waals surface area contributed by atoms with Crippen LogP contribution in [0.5, 0.6) is 0 Å². The Morgan fingerprint density at radius 3 is 2.57 bits per heavy atom. The average molecular weight is 438 g/mol. The van der Waals surface area contributed by atoms with Gasteiger partial charge in [0.1, 0.15) is 0 Å². The summed E-state index contributed by atoms with van der Waals surface area (Å²) in [5.41, 5.74) is 2.68. The highest BCUT2D eigenvalue weighted by Gasteiger charge is 2.33. The van der Waals surface area contributed by atoms with Crippen LogP contribution in [0.25, 0.3) is 11.8 Å². The van der Waals surface area contributed by atoms with Crippen molar-refractivity contribution in [2.45, 2.75) is 0 Å². The zero-order valence-electron chi connectivity index (χ0n) is 16.4. The van der Waals surface area contributed by atoms with E-state index in [0.29, 0.717) is 28.2 Å². The van der Waals surface area contributed by atoms with Gasteiger partial charge in [-0.05, 0) is 66.4 Å². The normalized spacial score (nSPS) is 16.7.